The van der Waals surface area contributed by atoms with Crippen molar-refractivity contribution >= 4 is 16.9 Å². The molecule has 0 aliphatic carbocycles. The highest BCUT2D eigenvalue weighted by Crippen LogP contribution is 2.31. The number of hydrogen-bond donors (Lipinski definition) is 3. The highest BCUT2D eigenvalue weighted by atomic mass is 16.1. The molecule has 2 unspecified atom stereocenters. The van der Waals surface area contributed by atoms with Crippen molar-refractivity contribution in [1.29, 1.82) is 0 Å². The summed E-state index contributed by atoms with van der Waals surface area (Å²) in [6.07, 6.45) is 4.66. The highest BCUT2D eigenvalue weighted by Gasteiger charge is 2.36. The molecule has 1 aromatic heterocycles. The van der Waals surface area contributed by atoms with Crippen LogP contribution in [0.4, 0.5) is 0 Å². The van der Waals surface area contributed by atoms with Gasteiger partial charge in [-0.25, -0.2) is 4.98 Å². The van der Waals surface area contributed by atoms with Gasteiger partial charge in [0, 0.05) is 45.1 Å². The monoisotopic (exact) mass is 459 g/mol. The molecule has 0 spiro atoms. The van der Waals surface area contributed by atoms with Gasteiger partial charge in [0.15, 0.2) is 0 Å². The topological polar surface area (TPSA) is 73.1 Å². The number of nitrogens with zero attached hydrogens (tertiary/aromatic N) is 2. The molecule has 180 valence electrons. The van der Waals surface area contributed by atoms with Crippen molar-refractivity contribution in [2.24, 2.45) is 11.8 Å². The number of imidazole rings is 1. The lowest BCUT2D eigenvalue weighted by molar-refractivity contribution is -0.121. The van der Waals surface area contributed by atoms with E-state index in [1.165, 1.54) is 24.1 Å². The van der Waals surface area contributed by atoms with E-state index in [1.807, 2.05) is 6.07 Å². The Balaban J connectivity index is 1.02. The number of likely N-dealkylation sites (tertiary alicyclic amines) is 1. The Hall–Kier alpha value is -2.70. The summed E-state index contributed by atoms with van der Waals surface area (Å²) in [6.45, 7) is 7.21. The minimum absolute atomic E-state index is 0.148. The second kappa shape index (κ2) is 10.7. The molecule has 0 saturated carbocycles. The summed E-state index contributed by atoms with van der Waals surface area (Å²) in [4.78, 5) is 23.0. The number of carbonyl (C=O) groups excluding carboxylic acids is 1. The first-order chi connectivity index (χ1) is 16.6. The van der Waals surface area contributed by atoms with Gasteiger partial charge in [-0.05, 0) is 67.8 Å². The number of carbonyl (C=O) groups is 1. The third kappa shape index (κ3) is 5.86. The van der Waals surface area contributed by atoms with Gasteiger partial charge in [0.05, 0.1) is 11.0 Å². The summed E-state index contributed by atoms with van der Waals surface area (Å²) in [5.74, 6) is 2.52. The van der Waals surface area contributed by atoms with Gasteiger partial charge in [0.1, 0.15) is 5.82 Å². The first-order valence-corrected chi connectivity index (χ1v) is 12.8. The lowest BCUT2D eigenvalue weighted by Gasteiger charge is -2.46. The zero-order valence-corrected chi connectivity index (χ0v) is 20.2. The number of amides is 1. The van der Waals surface area contributed by atoms with Crippen LogP contribution in [0.25, 0.3) is 11.0 Å². The molecule has 2 aromatic carbocycles. The minimum atomic E-state index is 0.148. The fourth-order valence-corrected chi connectivity index (χ4v) is 5.77. The van der Waals surface area contributed by atoms with Crippen molar-refractivity contribution in [3.05, 3.63) is 65.5 Å². The minimum Gasteiger partial charge on any atom is -0.356 e. The summed E-state index contributed by atoms with van der Waals surface area (Å²) >= 11 is 0. The van der Waals surface area contributed by atoms with Gasteiger partial charge in [0.2, 0.25) is 5.91 Å². The number of fused-ring (bicyclic) bond motifs is 3. The van der Waals surface area contributed by atoms with Gasteiger partial charge in [-0.1, -0.05) is 36.4 Å². The van der Waals surface area contributed by atoms with Gasteiger partial charge in [-0.2, -0.15) is 0 Å². The summed E-state index contributed by atoms with van der Waals surface area (Å²) in [7, 11) is 0. The third-order valence-corrected chi connectivity index (χ3v) is 7.42. The molecular weight excluding hydrogens is 422 g/mol. The van der Waals surface area contributed by atoms with Crippen molar-refractivity contribution in [1.82, 2.24) is 25.5 Å². The summed E-state index contributed by atoms with van der Waals surface area (Å²) in [5.41, 5.74) is 4.67. The average molecular weight is 460 g/mol. The van der Waals surface area contributed by atoms with Crippen LogP contribution in [0.5, 0.6) is 0 Å². The number of hydrogen-bond acceptors (Lipinski definition) is 4. The molecule has 3 atom stereocenters. The Labute approximate surface area is 202 Å². The smallest absolute Gasteiger partial charge is 0.220 e. The first-order valence-electron chi connectivity index (χ1n) is 12.8. The molecule has 3 N–H and O–H groups in total. The van der Waals surface area contributed by atoms with Crippen LogP contribution in [-0.2, 0) is 17.8 Å². The van der Waals surface area contributed by atoms with Gasteiger partial charge in [-0.3, -0.25) is 9.69 Å². The molecular formula is C28H37N5O. The molecule has 2 aliphatic heterocycles. The van der Waals surface area contributed by atoms with E-state index >= 15 is 0 Å². The Kier molecular flexibility index (Phi) is 7.26. The van der Waals surface area contributed by atoms with E-state index in [9.17, 15) is 4.79 Å². The predicted octanol–water partition coefficient (Wildman–Crippen LogP) is 3.81. The molecule has 5 rings (SSSR count). The number of benzene rings is 2. The van der Waals surface area contributed by atoms with E-state index in [4.69, 9.17) is 0 Å². The average Bonchev–Trinajstić information content (AvgIpc) is 3.23. The molecule has 2 bridgehead atoms. The van der Waals surface area contributed by atoms with Crippen LogP contribution in [0.3, 0.4) is 0 Å². The second-order valence-corrected chi connectivity index (χ2v) is 10.3. The van der Waals surface area contributed by atoms with Crippen LogP contribution in [0.2, 0.25) is 0 Å². The number of piperidine rings is 2. The normalized spacial score (nSPS) is 22.7. The van der Waals surface area contributed by atoms with E-state index in [1.54, 1.807) is 0 Å². The van der Waals surface area contributed by atoms with E-state index in [-0.39, 0.29) is 5.91 Å². The van der Waals surface area contributed by atoms with Crippen LogP contribution < -0.4 is 10.6 Å². The van der Waals surface area contributed by atoms with Gasteiger partial charge < -0.3 is 15.6 Å². The maximum Gasteiger partial charge on any atom is 0.220 e. The fourth-order valence-electron chi connectivity index (χ4n) is 5.77. The van der Waals surface area contributed by atoms with Gasteiger partial charge in [-0.15, -0.1) is 0 Å². The van der Waals surface area contributed by atoms with E-state index in [0.717, 1.165) is 61.7 Å². The standard InChI is InChI=1S/C28H37N5O/c1-20-10-11-25-26(14-20)32-27(31-25)12-13-29-28(34)9-5-8-24-23-15-22(16-30-24)18-33(19-23)17-21-6-3-2-4-7-21/h2-4,6-7,10-11,14,22-24,30H,5,8-9,12-13,15-19H2,1H3,(H,29,34)(H,31,32)/t22?,23?,24-/m1/s1. The fraction of sp³-hybridized carbons (Fsp3) is 0.500. The highest BCUT2D eigenvalue weighted by molar-refractivity contribution is 5.76. The Bertz CT molecular complexity index is 1090. The van der Waals surface area contributed by atoms with E-state index in [2.05, 4.69) is 74.9 Å². The predicted molar refractivity (Wildman–Crippen MR) is 137 cm³/mol. The van der Waals surface area contributed by atoms with Crippen molar-refractivity contribution in [3.63, 3.8) is 0 Å². The zero-order chi connectivity index (χ0) is 23.3. The van der Waals surface area contributed by atoms with Crippen LogP contribution in [-0.4, -0.2) is 53.0 Å². The molecule has 0 radical (unpaired) electrons. The van der Waals surface area contributed by atoms with Crippen molar-refractivity contribution in [2.75, 3.05) is 26.2 Å². The second-order valence-electron chi connectivity index (χ2n) is 10.3. The molecule has 2 saturated heterocycles. The molecule has 34 heavy (non-hydrogen) atoms. The SMILES string of the molecule is Cc1ccc2nc(CCNC(=O)CCC[C@H]3NCC4CC3CN(Cc3ccccc3)C4)[nH]c2c1. The summed E-state index contributed by atoms with van der Waals surface area (Å²) in [5, 5.41) is 6.86. The number of rotatable bonds is 9. The number of nitrogens with one attached hydrogen (secondary N) is 3. The van der Waals surface area contributed by atoms with Crippen LogP contribution in [0.15, 0.2) is 48.5 Å². The Morgan fingerprint density at radius 1 is 1.18 bits per heavy atom. The Morgan fingerprint density at radius 2 is 2.06 bits per heavy atom. The van der Waals surface area contributed by atoms with Crippen LogP contribution in [0.1, 0.15) is 42.6 Å². The molecule has 2 fully saturated rings. The number of aromatic amines is 1. The molecule has 1 amide bonds. The molecule has 6 heteroatoms. The first kappa shape index (κ1) is 23.1. The zero-order valence-electron chi connectivity index (χ0n) is 20.2. The van der Waals surface area contributed by atoms with Crippen LogP contribution in [0, 0.1) is 18.8 Å². The molecule has 3 aromatic rings. The van der Waals surface area contributed by atoms with E-state index < -0.39 is 0 Å². The third-order valence-electron chi connectivity index (χ3n) is 7.42. The molecule has 3 heterocycles. The van der Waals surface area contributed by atoms with Crippen molar-refractivity contribution in [2.45, 2.75) is 51.6 Å². The summed E-state index contributed by atoms with van der Waals surface area (Å²) in [6, 6.07) is 17.6. The maximum absolute atomic E-state index is 12.4. The van der Waals surface area contributed by atoms with Gasteiger partial charge >= 0.3 is 0 Å². The quantitative estimate of drug-likeness (QED) is 0.455. The van der Waals surface area contributed by atoms with Gasteiger partial charge in [0.25, 0.3) is 0 Å². The largest absolute Gasteiger partial charge is 0.356 e. The van der Waals surface area contributed by atoms with Crippen molar-refractivity contribution < 1.29 is 4.79 Å². The molecule has 2 aliphatic rings. The van der Waals surface area contributed by atoms with Crippen LogP contribution >= 0.6 is 0 Å². The maximum atomic E-state index is 12.4. The lowest BCUT2D eigenvalue weighted by atomic mass is 9.79. The number of aromatic nitrogens is 2. The number of H-pyrrole nitrogens is 1. The molecule has 6 nitrogen and oxygen atoms in total. The number of aryl methyl sites for hydroxylation is 1. The summed E-state index contributed by atoms with van der Waals surface area (Å²) < 4.78 is 0. The van der Waals surface area contributed by atoms with E-state index in [0.29, 0.717) is 24.9 Å². The van der Waals surface area contributed by atoms with Crippen molar-refractivity contribution in [3.8, 4) is 0 Å². The lowest BCUT2D eigenvalue weighted by Crippen LogP contribution is -2.55. The Morgan fingerprint density at radius 3 is 2.94 bits per heavy atom.